The Bertz CT molecular complexity index is 507. The topological polar surface area (TPSA) is 67.9 Å². The molecule has 0 atom stereocenters. The molecule has 0 unspecified atom stereocenters. The molecule has 2 fully saturated rings. The van der Waals surface area contributed by atoms with Crippen LogP contribution in [-0.4, -0.2) is 33.9 Å². The number of nitrogens with zero attached hydrogens (tertiary/aromatic N) is 1. The van der Waals surface area contributed by atoms with Crippen LogP contribution in [0.2, 0.25) is 0 Å². The standard InChI is InChI=1S/C20H36N2O4/c1-18(2,3)25-16(23)21-22(17(24)26-19(4,5)6)20-13-9-7-11-15(20)12-8-10-14-20/h15H,7-14H2,1-6H3,(H,21,23). The molecule has 150 valence electrons. The second-order valence-electron chi connectivity index (χ2n) is 9.72. The number of ether oxygens (including phenoxy) is 2. The highest BCUT2D eigenvalue weighted by Gasteiger charge is 2.50. The first-order valence-corrected chi connectivity index (χ1v) is 9.96. The van der Waals surface area contributed by atoms with Crippen LogP contribution >= 0.6 is 0 Å². The smallest absolute Gasteiger partial charge is 0.429 e. The average molecular weight is 369 g/mol. The number of rotatable bonds is 1. The molecule has 6 nitrogen and oxygen atoms in total. The van der Waals surface area contributed by atoms with E-state index < -0.39 is 23.4 Å². The van der Waals surface area contributed by atoms with Crippen molar-refractivity contribution in [2.24, 2.45) is 5.92 Å². The Morgan fingerprint density at radius 1 is 0.885 bits per heavy atom. The van der Waals surface area contributed by atoms with Crippen LogP contribution in [0.15, 0.2) is 0 Å². The van der Waals surface area contributed by atoms with Crippen molar-refractivity contribution in [1.82, 2.24) is 10.4 Å². The Morgan fingerprint density at radius 3 is 1.85 bits per heavy atom. The van der Waals surface area contributed by atoms with Crippen LogP contribution in [0.4, 0.5) is 9.59 Å². The first-order valence-electron chi connectivity index (χ1n) is 9.96. The molecule has 0 aliphatic heterocycles. The molecule has 2 amide bonds. The average Bonchev–Trinajstić information content (AvgIpc) is 2.49. The van der Waals surface area contributed by atoms with Crippen LogP contribution in [0.5, 0.6) is 0 Å². The number of carbonyl (C=O) groups excluding carboxylic acids is 2. The largest absolute Gasteiger partial charge is 0.443 e. The van der Waals surface area contributed by atoms with E-state index in [0.717, 1.165) is 38.5 Å². The molecule has 2 rings (SSSR count). The summed E-state index contributed by atoms with van der Waals surface area (Å²) in [5.41, 5.74) is 1.14. The fourth-order valence-corrected chi connectivity index (χ4v) is 4.30. The minimum atomic E-state index is -0.625. The highest BCUT2D eigenvalue weighted by atomic mass is 16.6. The van der Waals surface area contributed by atoms with Gasteiger partial charge in [-0.2, -0.15) is 0 Å². The number of hydrogen-bond donors (Lipinski definition) is 1. The molecule has 0 bridgehead atoms. The zero-order valence-corrected chi connectivity index (χ0v) is 17.3. The van der Waals surface area contributed by atoms with Gasteiger partial charge in [0.1, 0.15) is 11.2 Å². The Morgan fingerprint density at radius 2 is 1.38 bits per heavy atom. The van der Waals surface area contributed by atoms with E-state index in [1.807, 2.05) is 41.5 Å². The summed E-state index contributed by atoms with van der Waals surface area (Å²) >= 11 is 0. The zero-order chi connectivity index (χ0) is 19.6. The van der Waals surface area contributed by atoms with Crippen molar-refractivity contribution in [3.05, 3.63) is 0 Å². The maximum atomic E-state index is 13.0. The summed E-state index contributed by atoms with van der Waals surface area (Å²) in [6.45, 7) is 11.0. The summed E-state index contributed by atoms with van der Waals surface area (Å²) in [5, 5.41) is 1.48. The minimum absolute atomic E-state index is 0.365. The Balaban J connectivity index is 2.29. The van der Waals surface area contributed by atoms with Crippen LogP contribution in [0.25, 0.3) is 0 Å². The lowest BCUT2D eigenvalue weighted by atomic mass is 9.64. The summed E-state index contributed by atoms with van der Waals surface area (Å²) < 4.78 is 11.1. The molecule has 0 saturated heterocycles. The van der Waals surface area contributed by atoms with Gasteiger partial charge in [0, 0.05) is 0 Å². The normalized spacial score (nSPS) is 26.5. The number of amides is 2. The van der Waals surface area contributed by atoms with Gasteiger partial charge in [-0.1, -0.05) is 25.7 Å². The van der Waals surface area contributed by atoms with Gasteiger partial charge < -0.3 is 9.47 Å². The van der Waals surface area contributed by atoms with Crippen molar-refractivity contribution in [3.63, 3.8) is 0 Å². The number of hydrazine groups is 1. The monoisotopic (exact) mass is 368 g/mol. The van der Waals surface area contributed by atoms with Gasteiger partial charge in [0.2, 0.25) is 0 Å². The SMILES string of the molecule is CC(C)(C)OC(=O)NN(C(=O)OC(C)(C)C)C12CCCCC1CCCC2. The number of hydrogen-bond acceptors (Lipinski definition) is 4. The van der Waals surface area contributed by atoms with Gasteiger partial charge in [0.15, 0.2) is 0 Å². The molecule has 2 aliphatic rings. The molecule has 0 spiro atoms. The molecular weight excluding hydrogens is 332 g/mol. The van der Waals surface area contributed by atoms with Crippen LogP contribution in [0, 0.1) is 5.92 Å². The molecule has 6 heteroatoms. The maximum absolute atomic E-state index is 13.0. The molecular formula is C20H36N2O4. The quantitative estimate of drug-likeness (QED) is 0.649. The van der Waals surface area contributed by atoms with E-state index in [9.17, 15) is 9.59 Å². The number of nitrogens with one attached hydrogen (secondary N) is 1. The van der Waals surface area contributed by atoms with Gasteiger partial charge >= 0.3 is 12.2 Å². The van der Waals surface area contributed by atoms with E-state index in [0.29, 0.717) is 5.92 Å². The molecule has 0 aromatic rings. The molecule has 1 N–H and O–H groups in total. The molecule has 2 aliphatic carbocycles. The second kappa shape index (κ2) is 7.65. The highest BCUT2D eigenvalue weighted by molar-refractivity contribution is 5.75. The maximum Gasteiger partial charge on any atom is 0.429 e. The Labute approximate surface area is 157 Å². The highest BCUT2D eigenvalue weighted by Crippen LogP contribution is 2.47. The lowest BCUT2D eigenvalue weighted by Gasteiger charge is -2.52. The molecule has 0 radical (unpaired) electrons. The molecule has 26 heavy (non-hydrogen) atoms. The Kier molecular flexibility index (Phi) is 6.13. The van der Waals surface area contributed by atoms with Gasteiger partial charge in [0.25, 0.3) is 0 Å². The second-order valence-corrected chi connectivity index (χ2v) is 9.72. The van der Waals surface area contributed by atoms with Crippen molar-refractivity contribution in [2.45, 2.75) is 110 Å². The van der Waals surface area contributed by atoms with Crippen molar-refractivity contribution >= 4 is 12.2 Å². The third-order valence-electron chi connectivity index (χ3n) is 5.21. The fraction of sp³-hybridized carbons (Fsp3) is 0.900. The van der Waals surface area contributed by atoms with E-state index in [1.54, 1.807) is 0 Å². The molecule has 0 aromatic heterocycles. The number of fused-ring (bicyclic) bond motifs is 1. The van der Waals surface area contributed by atoms with Crippen molar-refractivity contribution < 1.29 is 19.1 Å². The summed E-state index contributed by atoms with van der Waals surface area (Å²) in [7, 11) is 0. The van der Waals surface area contributed by atoms with E-state index in [4.69, 9.17) is 9.47 Å². The van der Waals surface area contributed by atoms with Crippen LogP contribution in [0.1, 0.15) is 92.9 Å². The zero-order valence-electron chi connectivity index (χ0n) is 17.3. The van der Waals surface area contributed by atoms with Crippen LogP contribution < -0.4 is 5.43 Å². The summed E-state index contributed by atoms with van der Waals surface area (Å²) in [6.07, 6.45) is 7.37. The summed E-state index contributed by atoms with van der Waals surface area (Å²) in [6, 6.07) is 0. The third-order valence-corrected chi connectivity index (χ3v) is 5.21. The number of carbonyl (C=O) groups is 2. The van der Waals surface area contributed by atoms with E-state index in [2.05, 4.69) is 5.43 Å². The minimum Gasteiger partial charge on any atom is -0.443 e. The molecule has 0 heterocycles. The predicted molar refractivity (Wildman–Crippen MR) is 101 cm³/mol. The van der Waals surface area contributed by atoms with Crippen LogP contribution in [0.3, 0.4) is 0 Å². The van der Waals surface area contributed by atoms with Crippen molar-refractivity contribution in [2.75, 3.05) is 0 Å². The van der Waals surface area contributed by atoms with Crippen molar-refractivity contribution in [3.8, 4) is 0 Å². The van der Waals surface area contributed by atoms with Gasteiger partial charge in [-0.3, -0.25) is 0 Å². The van der Waals surface area contributed by atoms with E-state index >= 15 is 0 Å². The summed E-state index contributed by atoms with van der Waals surface area (Å²) in [5.74, 6) is 0.396. The van der Waals surface area contributed by atoms with E-state index in [-0.39, 0.29) is 5.54 Å². The van der Waals surface area contributed by atoms with E-state index in [1.165, 1.54) is 17.9 Å². The predicted octanol–water partition coefficient (Wildman–Crippen LogP) is 5.17. The van der Waals surface area contributed by atoms with Gasteiger partial charge in [-0.25, -0.2) is 20.0 Å². The lowest BCUT2D eigenvalue weighted by molar-refractivity contribution is -0.0741. The first kappa shape index (κ1) is 20.8. The molecule has 0 aromatic carbocycles. The van der Waals surface area contributed by atoms with Gasteiger partial charge in [-0.15, -0.1) is 0 Å². The lowest BCUT2D eigenvalue weighted by Crippen LogP contribution is -2.65. The fourth-order valence-electron chi connectivity index (χ4n) is 4.30. The summed E-state index contributed by atoms with van der Waals surface area (Å²) in [4.78, 5) is 25.5. The Hall–Kier alpha value is -1.46. The third kappa shape index (κ3) is 5.27. The van der Waals surface area contributed by atoms with Crippen molar-refractivity contribution in [1.29, 1.82) is 0 Å². The van der Waals surface area contributed by atoms with Crippen LogP contribution in [-0.2, 0) is 9.47 Å². The molecule has 2 saturated carbocycles. The first-order chi connectivity index (χ1) is 11.9. The van der Waals surface area contributed by atoms with Gasteiger partial charge in [0.05, 0.1) is 5.54 Å². The van der Waals surface area contributed by atoms with Gasteiger partial charge in [-0.05, 0) is 73.1 Å².